The molecule has 0 saturated carbocycles. The summed E-state index contributed by atoms with van der Waals surface area (Å²) in [5.41, 5.74) is 5.47. The van der Waals surface area contributed by atoms with Gasteiger partial charge in [0.25, 0.3) is 0 Å². The first kappa shape index (κ1) is 23.3. The van der Waals surface area contributed by atoms with Crippen molar-refractivity contribution in [2.75, 3.05) is 38.7 Å². The number of halogens is 1. The summed E-state index contributed by atoms with van der Waals surface area (Å²) in [4.78, 5) is 23.7. The summed E-state index contributed by atoms with van der Waals surface area (Å²) in [7, 11) is 1.65. The number of nitrogens with one attached hydrogen (secondary N) is 1. The van der Waals surface area contributed by atoms with Gasteiger partial charge in [-0.05, 0) is 54.8 Å². The summed E-state index contributed by atoms with van der Waals surface area (Å²) < 4.78 is 10.7. The number of urea groups is 1. The van der Waals surface area contributed by atoms with Crippen LogP contribution >= 0.6 is 11.6 Å². The number of pyridine rings is 1. The van der Waals surface area contributed by atoms with Crippen LogP contribution in [0.3, 0.4) is 0 Å². The van der Waals surface area contributed by atoms with Gasteiger partial charge < -0.3 is 19.7 Å². The predicted octanol–water partition coefficient (Wildman–Crippen LogP) is 5.73. The molecule has 3 heterocycles. The van der Waals surface area contributed by atoms with E-state index in [1.165, 1.54) is 0 Å². The third-order valence-electron chi connectivity index (χ3n) is 6.21. The molecule has 0 aliphatic carbocycles. The minimum Gasteiger partial charge on any atom is -0.491 e. The lowest BCUT2D eigenvalue weighted by atomic mass is 10.0. The molecule has 0 radical (unpaired) electrons. The van der Waals surface area contributed by atoms with Gasteiger partial charge in [-0.3, -0.25) is 0 Å². The first-order valence-corrected chi connectivity index (χ1v) is 12.1. The Labute approximate surface area is 209 Å². The maximum absolute atomic E-state index is 12.5. The highest BCUT2D eigenvalue weighted by Crippen LogP contribution is 2.33. The molecule has 8 heteroatoms. The molecule has 1 aromatic heterocycles. The molecule has 1 N–H and O–H groups in total. The summed E-state index contributed by atoms with van der Waals surface area (Å²) in [6.07, 6.45) is 4.56. The van der Waals surface area contributed by atoms with Gasteiger partial charge in [-0.2, -0.15) is 0 Å². The Morgan fingerprint density at radius 3 is 2.63 bits per heavy atom. The first-order chi connectivity index (χ1) is 17.1. The highest BCUT2D eigenvalue weighted by atomic mass is 35.5. The van der Waals surface area contributed by atoms with Crippen molar-refractivity contribution in [1.29, 1.82) is 0 Å². The minimum atomic E-state index is -0.0751. The zero-order valence-electron chi connectivity index (χ0n) is 19.6. The SMILES string of the molecule is COCCOc1ccc(-c2cnc3c(c2)CC(c2cc(NC(=O)N4CCCC4)ccc2Cl)=N3)cc1. The van der Waals surface area contributed by atoms with Crippen LogP contribution in [0.4, 0.5) is 16.3 Å². The molecule has 180 valence electrons. The van der Waals surface area contributed by atoms with Crippen LogP contribution in [0, 0.1) is 0 Å². The number of likely N-dealkylation sites (tertiary alicyclic amines) is 1. The van der Waals surface area contributed by atoms with Crippen molar-refractivity contribution in [3.8, 4) is 16.9 Å². The quantitative estimate of drug-likeness (QED) is 0.429. The number of anilines is 1. The average molecular weight is 491 g/mol. The molecule has 2 amide bonds. The summed E-state index contributed by atoms with van der Waals surface area (Å²) in [6.45, 7) is 2.66. The van der Waals surface area contributed by atoms with Gasteiger partial charge in [0.1, 0.15) is 12.4 Å². The summed E-state index contributed by atoms with van der Waals surface area (Å²) in [5, 5.41) is 3.58. The van der Waals surface area contributed by atoms with Crippen molar-refractivity contribution < 1.29 is 14.3 Å². The van der Waals surface area contributed by atoms with Crippen molar-refractivity contribution in [2.24, 2.45) is 4.99 Å². The number of ether oxygens (including phenoxy) is 2. The number of benzene rings is 2. The van der Waals surface area contributed by atoms with E-state index >= 15 is 0 Å². The Hall–Kier alpha value is -3.42. The number of rotatable bonds is 7. The van der Waals surface area contributed by atoms with Crippen molar-refractivity contribution in [3.63, 3.8) is 0 Å². The van der Waals surface area contributed by atoms with Crippen LogP contribution in [-0.4, -0.2) is 55.0 Å². The standard InChI is InChI=1S/C27H27ClN4O3/c1-34-12-13-35-22-7-4-18(5-8-22)20-14-19-15-25(31-26(19)29-17-20)23-16-21(6-9-24(23)28)30-27(33)32-10-2-3-11-32/h4-9,14,16-17H,2-3,10-13,15H2,1H3,(H,30,33). The van der Waals surface area contributed by atoms with Gasteiger partial charge in [0.05, 0.1) is 12.3 Å². The van der Waals surface area contributed by atoms with E-state index in [4.69, 9.17) is 26.1 Å². The Morgan fingerprint density at radius 1 is 1.06 bits per heavy atom. The van der Waals surface area contributed by atoms with Gasteiger partial charge in [-0.25, -0.2) is 14.8 Å². The number of carbonyl (C=O) groups is 1. The van der Waals surface area contributed by atoms with E-state index in [-0.39, 0.29) is 6.03 Å². The monoisotopic (exact) mass is 490 g/mol. The number of aliphatic imine (C=N–C) groups is 1. The Balaban J connectivity index is 1.30. The number of hydrogen-bond acceptors (Lipinski definition) is 5. The number of fused-ring (bicyclic) bond motifs is 1. The molecule has 0 spiro atoms. The second-order valence-corrected chi connectivity index (χ2v) is 9.03. The molecule has 0 bridgehead atoms. The number of aromatic nitrogens is 1. The van der Waals surface area contributed by atoms with Gasteiger partial charge in [-0.1, -0.05) is 23.7 Å². The summed E-state index contributed by atoms with van der Waals surface area (Å²) >= 11 is 6.53. The van der Waals surface area contributed by atoms with Crippen LogP contribution in [0.1, 0.15) is 24.0 Å². The zero-order valence-corrected chi connectivity index (χ0v) is 20.3. The highest BCUT2D eigenvalue weighted by molar-refractivity contribution is 6.34. The fourth-order valence-corrected chi connectivity index (χ4v) is 4.55. The third-order valence-corrected chi connectivity index (χ3v) is 6.54. The Kier molecular flexibility index (Phi) is 6.97. The van der Waals surface area contributed by atoms with E-state index in [2.05, 4.69) is 16.4 Å². The maximum atomic E-state index is 12.5. The normalized spacial score (nSPS) is 14.6. The predicted molar refractivity (Wildman–Crippen MR) is 138 cm³/mol. The van der Waals surface area contributed by atoms with Crippen molar-refractivity contribution in [1.82, 2.24) is 9.88 Å². The van der Waals surface area contributed by atoms with Crippen LogP contribution in [0.15, 0.2) is 59.7 Å². The number of hydrogen-bond donors (Lipinski definition) is 1. The third kappa shape index (κ3) is 5.31. The van der Waals surface area contributed by atoms with Gasteiger partial charge in [0.2, 0.25) is 0 Å². The summed E-state index contributed by atoms with van der Waals surface area (Å²) in [6, 6.07) is 15.5. The second-order valence-electron chi connectivity index (χ2n) is 8.63. The molecule has 35 heavy (non-hydrogen) atoms. The van der Waals surface area contributed by atoms with Crippen LogP contribution in [0.25, 0.3) is 11.1 Å². The Bertz CT molecular complexity index is 1250. The average Bonchev–Trinajstić information content (AvgIpc) is 3.56. The number of carbonyl (C=O) groups excluding carboxylic acids is 1. The molecule has 2 aliphatic rings. The van der Waals surface area contributed by atoms with Gasteiger partial charge >= 0.3 is 6.03 Å². The fourth-order valence-electron chi connectivity index (χ4n) is 4.33. The van der Waals surface area contributed by atoms with E-state index in [0.717, 1.165) is 59.6 Å². The lowest BCUT2D eigenvalue weighted by molar-refractivity contribution is 0.146. The van der Waals surface area contributed by atoms with Crippen molar-refractivity contribution in [3.05, 3.63) is 70.9 Å². The molecule has 5 rings (SSSR count). The number of methoxy groups -OCH3 is 1. The lowest BCUT2D eigenvalue weighted by Crippen LogP contribution is -2.32. The smallest absolute Gasteiger partial charge is 0.321 e. The Morgan fingerprint density at radius 2 is 1.86 bits per heavy atom. The van der Waals surface area contributed by atoms with E-state index in [0.29, 0.717) is 36.2 Å². The molecule has 3 aromatic rings. The van der Waals surface area contributed by atoms with Gasteiger partial charge in [-0.15, -0.1) is 0 Å². The van der Waals surface area contributed by atoms with E-state index < -0.39 is 0 Å². The van der Waals surface area contributed by atoms with Crippen molar-refractivity contribution >= 4 is 34.8 Å². The second kappa shape index (κ2) is 10.5. The molecular weight excluding hydrogens is 464 g/mol. The molecule has 7 nitrogen and oxygen atoms in total. The molecule has 1 saturated heterocycles. The fraction of sp³-hybridized carbons (Fsp3) is 0.296. The number of amides is 2. The molecule has 0 unspecified atom stereocenters. The van der Waals surface area contributed by atoms with E-state index in [9.17, 15) is 4.79 Å². The highest BCUT2D eigenvalue weighted by Gasteiger charge is 2.22. The zero-order chi connectivity index (χ0) is 24.2. The summed E-state index contributed by atoms with van der Waals surface area (Å²) in [5.74, 6) is 1.50. The van der Waals surface area contributed by atoms with Gasteiger partial charge in [0.15, 0.2) is 5.82 Å². The topological polar surface area (TPSA) is 76.1 Å². The molecule has 2 aromatic carbocycles. The van der Waals surface area contributed by atoms with Crippen LogP contribution in [0.5, 0.6) is 5.75 Å². The number of nitrogens with zero attached hydrogens (tertiary/aromatic N) is 3. The van der Waals surface area contributed by atoms with Gasteiger partial charge in [0, 0.05) is 60.2 Å². The molecule has 2 aliphatic heterocycles. The van der Waals surface area contributed by atoms with Crippen LogP contribution < -0.4 is 10.1 Å². The van der Waals surface area contributed by atoms with Crippen molar-refractivity contribution in [2.45, 2.75) is 19.3 Å². The molecule has 1 fully saturated rings. The largest absolute Gasteiger partial charge is 0.491 e. The van der Waals surface area contributed by atoms with Crippen LogP contribution in [0.2, 0.25) is 5.02 Å². The first-order valence-electron chi connectivity index (χ1n) is 11.8. The minimum absolute atomic E-state index is 0.0751. The van der Waals surface area contributed by atoms with E-state index in [1.54, 1.807) is 13.2 Å². The van der Waals surface area contributed by atoms with E-state index in [1.807, 2.05) is 47.5 Å². The molecular formula is C27H27ClN4O3. The maximum Gasteiger partial charge on any atom is 0.321 e. The van der Waals surface area contributed by atoms with Crippen LogP contribution in [-0.2, 0) is 11.2 Å². The molecule has 0 atom stereocenters. The lowest BCUT2D eigenvalue weighted by Gasteiger charge is -2.17.